The predicted octanol–water partition coefficient (Wildman–Crippen LogP) is 5.49. The highest BCUT2D eigenvalue weighted by Gasteiger charge is 2.25. The van der Waals surface area contributed by atoms with Crippen LogP contribution in [0.4, 0.5) is 0 Å². The number of likely N-dealkylation sites (tertiary alicyclic amines) is 1. The van der Waals surface area contributed by atoms with Crippen LogP contribution in [-0.2, 0) is 0 Å². The summed E-state index contributed by atoms with van der Waals surface area (Å²) in [6, 6.07) is 12.5. The van der Waals surface area contributed by atoms with Gasteiger partial charge in [0.1, 0.15) is 17.2 Å². The third-order valence-corrected chi connectivity index (χ3v) is 6.14. The quantitative estimate of drug-likeness (QED) is 0.505. The Hall–Kier alpha value is -2.70. The van der Waals surface area contributed by atoms with Gasteiger partial charge in [0.25, 0.3) is 5.91 Å². The number of benzene rings is 2. The molecule has 1 aliphatic rings. The molecule has 0 aliphatic carbocycles. The van der Waals surface area contributed by atoms with E-state index in [0.717, 1.165) is 37.9 Å². The summed E-state index contributed by atoms with van der Waals surface area (Å²) in [6.07, 6.45) is 3.15. The number of hydrogen-bond acceptors (Lipinski definition) is 4. The molecule has 1 amide bonds. The van der Waals surface area contributed by atoms with Crippen LogP contribution >= 0.6 is 23.2 Å². The van der Waals surface area contributed by atoms with Crippen LogP contribution in [0, 0.1) is 0 Å². The van der Waals surface area contributed by atoms with Crippen LogP contribution in [0.2, 0.25) is 10.0 Å². The minimum absolute atomic E-state index is 0.0583. The molecule has 2 heterocycles. The lowest BCUT2D eigenvalue weighted by Crippen LogP contribution is -2.36. The molecule has 1 saturated heterocycles. The predicted molar refractivity (Wildman–Crippen MR) is 122 cm³/mol. The molecule has 31 heavy (non-hydrogen) atoms. The molecule has 0 atom stereocenters. The maximum absolute atomic E-state index is 13.4. The smallest absolute Gasteiger partial charge is 0.272 e. The Bertz CT molecular complexity index is 1110. The number of halogens is 2. The molecule has 0 radical (unpaired) electrons. The van der Waals surface area contributed by atoms with Gasteiger partial charge in [-0.15, -0.1) is 0 Å². The zero-order valence-corrected chi connectivity index (χ0v) is 18.9. The highest BCUT2D eigenvalue weighted by atomic mass is 35.5. The summed E-state index contributed by atoms with van der Waals surface area (Å²) in [7, 11) is 3.19. The molecule has 0 unspecified atom stereocenters. The van der Waals surface area contributed by atoms with E-state index < -0.39 is 0 Å². The summed E-state index contributed by atoms with van der Waals surface area (Å²) in [5, 5.41) is 5.59. The lowest BCUT2D eigenvalue weighted by Gasteiger charge is -2.26. The van der Waals surface area contributed by atoms with E-state index in [1.807, 2.05) is 17.0 Å². The van der Waals surface area contributed by atoms with E-state index >= 15 is 0 Å². The molecule has 0 N–H and O–H groups in total. The first-order chi connectivity index (χ1) is 15.0. The van der Waals surface area contributed by atoms with Gasteiger partial charge in [-0.2, -0.15) is 5.10 Å². The molecule has 1 fully saturated rings. The number of amides is 1. The van der Waals surface area contributed by atoms with Crippen molar-refractivity contribution in [3.05, 3.63) is 58.2 Å². The topological polar surface area (TPSA) is 56.6 Å². The van der Waals surface area contributed by atoms with Crippen molar-refractivity contribution >= 4 is 29.1 Å². The van der Waals surface area contributed by atoms with Crippen molar-refractivity contribution in [1.29, 1.82) is 0 Å². The molecule has 4 rings (SSSR count). The van der Waals surface area contributed by atoms with E-state index in [4.69, 9.17) is 37.8 Å². The van der Waals surface area contributed by atoms with E-state index in [-0.39, 0.29) is 5.91 Å². The Morgan fingerprint density at radius 3 is 2.39 bits per heavy atom. The van der Waals surface area contributed by atoms with Crippen molar-refractivity contribution in [2.24, 2.45) is 0 Å². The Kier molecular flexibility index (Phi) is 6.39. The van der Waals surface area contributed by atoms with Crippen LogP contribution < -0.4 is 9.47 Å². The van der Waals surface area contributed by atoms with Crippen molar-refractivity contribution in [3.8, 4) is 28.4 Å². The number of nitrogens with zero attached hydrogens (tertiary/aromatic N) is 3. The van der Waals surface area contributed by atoms with E-state index in [0.29, 0.717) is 38.6 Å². The second kappa shape index (κ2) is 9.20. The average molecular weight is 460 g/mol. The Balaban J connectivity index is 1.84. The van der Waals surface area contributed by atoms with Crippen LogP contribution in [0.15, 0.2) is 42.5 Å². The summed E-state index contributed by atoms with van der Waals surface area (Å²) in [5.74, 6) is 1.22. The molecular formula is C23H23Cl2N3O3. The van der Waals surface area contributed by atoms with Gasteiger partial charge in [0, 0.05) is 24.7 Å². The molecular weight excluding hydrogens is 437 g/mol. The zero-order chi connectivity index (χ0) is 22.0. The fourth-order valence-electron chi connectivity index (χ4n) is 3.75. The molecule has 6 nitrogen and oxygen atoms in total. The first-order valence-electron chi connectivity index (χ1n) is 10.1. The number of piperidine rings is 1. The molecule has 0 saturated carbocycles. The van der Waals surface area contributed by atoms with Crippen molar-refractivity contribution < 1.29 is 14.3 Å². The maximum Gasteiger partial charge on any atom is 0.272 e. The molecule has 3 aromatic rings. The van der Waals surface area contributed by atoms with E-state index in [2.05, 4.69) is 0 Å². The van der Waals surface area contributed by atoms with Gasteiger partial charge in [-0.1, -0.05) is 23.2 Å². The third-order valence-electron chi connectivity index (χ3n) is 5.40. The van der Waals surface area contributed by atoms with Crippen LogP contribution in [0.25, 0.3) is 16.9 Å². The van der Waals surface area contributed by atoms with Gasteiger partial charge in [-0.3, -0.25) is 4.79 Å². The number of ether oxygens (including phenoxy) is 2. The molecule has 0 spiro atoms. The van der Waals surface area contributed by atoms with Crippen molar-refractivity contribution in [2.45, 2.75) is 19.3 Å². The minimum atomic E-state index is -0.0583. The normalized spacial score (nSPS) is 13.9. The Labute approximate surface area is 191 Å². The SMILES string of the molecule is COc1ccc(-c2cc(C(=O)N3CCCCC3)n(-c3ccc(Cl)c(Cl)c3)n2)c(OC)c1. The second-order valence-corrected chi connectivity index (χ2v) is 8.16. The number of aromatic nitrogens is 2. The number of carbonyl (C=O) groups excluding carboxylic acids is 1. The fraction of sp³-hybridized carbons (Fsp3) is 0.304. The lowest BCUT2D eigenvalue weighted by atomic mass is 10.1. The third kappa shape index (κ3) is 4.36. The first kappa shape index (κ1) is 21.5. The summed E-state index contributed by atoms with van der Waals surface area (Å²) >= 11 is 12.3. The number of rotatable bonds is 5. The summed E-state index contributed by atoms with van der Waals surface area (Å²) in [6.45, 7) is 1.49. The molecule has 2 aromatic carbocycles. The van der Waals surface area contributed by atoms with Crippen LogP contribution in [0.5, 0.6) is 11.5 Å². The van der Waals surface area contributed by atoms with Gasteiger partial charge in [-0.05, 0) is 55.7 Å². The molecule has 1 aromatic heterocycles. The first-order valence-corrected chi connectivity index (χ1v) is 10.8. The van der Waals surface area contributed by atoms with Crippen molar-refractivity contribution in [3.63, 3.8) is 0 Å². The molecule has 162 valence electrons. The highest BCUT2D eigenvalue weighted by Crippen LogP contribution is 2.34. The molecule has 1 aliphatic heterocycles. The Morgan fingerprint density at radius 1 is 0.935 bits per heavy atom. The monoisotopic (exact) mass is 459 g/mol. The maximum atomic E-state index is 13.4. The summed E-state index contributed by atoms with van der Waals surface area (Å²) in [5.41, 5.74) is 2.50. The van der Waals surface area contributed by atoms with Gasteiger partial charge in [0.05, 0.1) is 35.6 Å². The van der Waals surface area contributed by atoms with Gasteiger partial charge in [-0.25, -0.2) is 4.68 Å². The van der Waals surface area contributed by atoms with Crippen LogP contribution in [0.1, 0.15) is 29.8 Å². The van der Waals surface area contributed by atoms with E-state index in [1.54, 1.807) is 49.2 Å². The largest absolute Gasteiger partial charge is 0.497 e. The average Bonchev–Trinajstić information content (AvgIpc) is 3.25. The van der Waals surface area contributed by atoms with Crippen molar-refractivity contribution in [2.75, 3.05) is 27.3 Å². The molecule has 0 bridgehead atoms. The Morgan fingerprint density at radius 2 is 1.71 bits per heavy atom. The van der Waals surface area contributed by atoms with E-state index in [1.165, 1.54) is 0 Å². The van der Waals surface area contributed by atoms with Gasteiger partial charge in [0.15, 0.2) is 0 Å². The summed E-state index contributed by atoms with van der Waals surface area (Å²) < 4.78 is 12.5. The van der Waals surface area contributed by atoms with Gasteiger partial charge < -0.3 is 14.4 Å². The highest BCUT2D eigenvalue weighted by molar-refractivity contribution is 6.42. The van der Waals surface area contributed by atoms with Crippen LogP contribution in [-0.4, -0.2) is 47.9 Å². The molecule has 8 heteroatoms. The lowest BCUT2D eigenvalue weighted by molar-refractivity contribution is 0.0715. The number of carbonyl (C=O) groups is 1. The minimum Gasteiger partial charge on any atom is -0.497 e. The summed E-state index contributed by atoms with van der Waals surface area (Å²) in [4.78, 5) is 15.3. The van der Waals surface area contributed by atoms with Gasteiger partial charge >= 0.3 is 0 Å². The van der Waals surface area contributed by atoms with E-state index in [9.17, 15) is 4.79 Å². The standard InChI is InChI=1S/C23H23Cl2N3O3/c1-30-16-7-8-17(22(13-16)31-2)20-14-21(23(29)27-10-4-3-5-11-27)28(26-20)15-6-9-18(24)19(25)12-15/h6-9,12-14H,3-5,10-11H2,1-2H3. The van der Waals surface area contributed by atoms with Gasteiger partial charge in [0.2, 0.25) is 0 Å². The number of methoxy groups -OCH3 is 2. The number of hydrogen-bond donors (Lipinski definition) is 0. The zero-order valence-electron chi connectivity index (χ0n) is 17.4. The van der Waals surface area contributed by atoms with Crippen LogP contribution in [0.3, 0.4) is 0 Å². The second-order valence-electron chi connectivity index (χ2n) is 7.34. The van der Waals surface area contributed by atoms with Crippen molar-refractivity contribution in [1.82, 2.24) is 14.7 Å². The fourth-order valence-corrected chi connectivity index (χ4v) is 4.04.